The Labute approximate surface area is 140 Å². The Balaban J connectivity index is 0.00000289. The van der Waals surface area contributed by atoms with Crippen molar-refractivity contribution in [3.05, 3.63) is 34.9 Å². The number of carboxylic acid groups (broad SMARTS) is 1. The van der Waals surface area contributed by atoms with Crippen molar-refractivity contribution in [3.8, 4) is 0 Å². The molecule has 0 bridgehead atoms. The second-order valence-corrected chi connectivity index (χ2v) is 4.50. The summed E-state index contributed by atoms with van der Waals surface area (Å²) in [6.45, 7) is 4.30. The molecule has 3 heteroatoms. The summed E-state index contributed by atoms with van der Waals surface area (Å²) in [6.07, 6.45) is 6.41. The van der Waals surface area contributed by atoms with Gasteiger partial charge in [0.25, 0.3) is 0 Å². The van der Waals surface area contributed by atoms with Crippen LogP contribution in [0.5, 0.6) is 0 Å². The second-order valence-electron chi connectivity index (χ2n) is 4.50. The molecule has 98 valence electrons. The zero-order valence-corrected chi connectivity index (χ0v) is 10.8. The summed E-state index contributed by atoms with van der Waals surface area (Å²) in [5.41, 5.74) is 2.73. The van der Waals surface area contributed by atoms with Crippen molar-refractivity contribution in [1.82, 2.24) is 0 Å². The van der Waals surface area contributed by atoms with Crippen LogP contribution in [0.15, 0.2) is 18.2 Å². The molecular weight excluding hydrogens is 252 g/mol. The summed E-state index contributed by atoms with van der Waals surface area (Å²) < 4.78 is 0. The first-order valence-electron chi connectivity index (χ1n) is 6.54. The maximum atomic E-state index is 11.1. The average Bonchev–Trinajstić information content (AvgIpc) is 2.33. The van der Waals surface area contributed by atoms with Crippen LogP contribution in [0, 0.1) is 0 Å². The third-order valence-corrected chi connectivity index (χ3v) is 3.02. The number of rotatable bonds is 7. The molecule has 0 saturated heterocycles. The molecule has 0 saturated carbocycles. The fourth-order valence-corrected chi connectivity index (χ4v) is 1.97. The van der Waals surface area contributed by atoms with E-state index in [1.807, 2.05) is 6.07 Å². The molecule has 0 aliphatic rings. The first-order chi connectivity index (χ1) is 8.19. The maximum absolute atomic E-state index is 11.1. The van der Waals surface area contributed by atoms with Gasteiger partial charge in [-0.1, -0.05) is 38.8 Å². The molecule has 1 rings (SSSR count). The van der Waals surface area contributed by atoms with Crippen LogP contribution in [0.25, 0.3) is 0 Å². The molecule has 0 spiro atoms. The van der Waals surface area contributed by atoms with E-state index in [1.54, 1.807) is 6.07 Å². The van der Waals surface area contributed by atoms with E-state index in [0.717, 1.165) is 31.2 Å². The van der Waals surface area contributed by atoms with Gasteiger partial charge in [-0.05, 0) is 42.9 Å². The van der Waals surface area contributed by atoms with Crippen LogP contribution < -0.4 is 0 Å². The third kappa shape index (κ3) is 5.73. The van der Waals surface area contributed by atoms with Gasteiger partial charge in [0.05, 0.1) is 5.56 Å². The molecule has 0 aromatic heterocycles. The second kappa shape index (κ2) is 9.82. The number of carboxylic acids is 1. The molecule has 0 radical (unpaired) electrons. The quantitative estimate of drug-likeness (QED) is 0.777. The molecule has 0 unspecified atom stereocenters. The van der Waals surface area contributed by atoms with Crippen molar-refractivity contribution in [2.24, 2.45) is 0 Å². The van der Waals surface area contributed by atoms with E-state index in [9.17, 15) is 4.79 Å². The molecule has 1 N–H and O–H groups in total. The monoisotopic (exact) mass is 276 g/mol. The van der Waals surface area contributed by atoms with Gasteiger partial charge in [-0.25, -0.2) is 4.79 Å². The van der Waals surface area contributed by atoms with E-state index in [-0.39, 0.29) is 37.7 Å². The molecular formula is C15H24CaO2. The molecule has 0 fully saturated rings. The molecule has 0 atom stereocenters. The molecule has 1 aromatic carbocycles. The minimum absolute atomic E-state index is 0. The minimum atomic E-state index is -0.807. The van der Waals surface area contributed by atoms with Crippen molar-refractivity contribution in [3.63, 3.8) is 0 Å². The van der Waals surface area contributed by atoms with E-state index in [4.69, 9.17) is 5.11 Å². The van der Waals surface area contributed by atoms with E-state index in [2.05, 4.69) is 19.9 Å². The van der Waals surface area contributed by atoms with Crippen molar-refractivity contribution in [2.75, 3.05) is 0 Å². The van der Waals surface area contributed by atoms with Crippen LogP contribution in [-0.2, 0) is 12.8 Å². The Bertz CT molecular complexity index is 375. The van der Waals surface area contributed by atoms with Gasteiger partial charge in [0, 0.05) is 0 Å². The first kappa shape index (κ1) is 17.9. The number of benzene rings is 1. The number of aromatic carboxylic acids is 1. The van der Waals surface area contributed by atoms with Gasteiger partial charge in [0.1, 0.15) is 0 Å². The number of unbranched alkanes of at least 4 members (excludes halogenated alkanes) is 2. The number of hydrogen-bond donors (Lipinski definition) is 1. The Hall–Kier alpha value is -0.0503. The van der Waals surface area contributed by atoms with Gasteiger partial charge >= 0.3 is 43.7 Å². The summed E-state index contributed by atoms with van der Waals surface area (Å²) in [6, 6.07) is 5.79. The van der Waals surface area contributed by atoms with Crippen LogP contribution in [0.2, 0.25) is 0 Å². The SMILES string of the molecule is CCCCc1ccc(C(=O)O)c(CCCC)c1.[CaH2]. The third-order valence-electron chi connectivity index (χ3n) is 3.02. The topological polar surface area (TPSA) is 37.3 Å². The number of carbonyl (C=O) groups is 1. The van der Waals surface area contributed by atoms with Crippen LogP contribution in [0.4, 0.5) is 0 Å². The average molecular weight is 276 g/mol. The fraction of sp³-hybridized carbons (Fsp3) is 0.533. The first-order valence-corrected chi connectivity index (χ1v) is 6.54. The van der Waals surface area contributed by atoms with E-state index in [0.29, 0.717) is 5.56 Å². The van der Waals surface area contributed by atoms with Gasteiger partial charge in [-0.2, -0.15) is 0 Å². The predicted octanol–water partition coefficient (Wildman–Crippen LogP) is 3.15. The molecule has 0 aliphatic carbocycles. The van der Waals surface area contributed by atoms with Gasteiger partial charge < -0.3 is 5.11 Å². The standard InChI is InChI=1S/C15H22O2.Ca.2H/c1-3-5-7-12-9-10-14(15(16)17)13(11-12)8-6-4-2;;;/h9-11H,3-8H2,1-2H3,(H,16,17);;;. The molecule has 0 amide bonds. The number of hydrogen-bond acceptors (Lipinski definition) is 1. The summed E-state index contributed by atoms with van der Waals surface area (Å²) >= 11 is 0. The Morgan fingerprint density at radius 1 is 1.11 bits per heavy atom. The van der Waals surface area contributed by atoms with Crippen molar-refractivity contribution < 1.29 is 9.90 Å². The van der Waals surface area contributed by atoms with Gasteiger partial charge in [0.15, 0.2) is 0 Å². The van der Waals surface area contributed by atoms with Gasteiger partial charge in [-0.3, -0.25) is 0 Å². The molecule has 2 nitrogen and oxygen atoms in total. The van der Waals surface area contributed by atoms with E-state index in [1.165, 1.54) is 18.4 Å². The summed E-state index contributed by atoms with van der Waals surface area (Å²) in [7, 11) is 0. The zero-order chi connectivity index (χ0) is 12.7. The summed E-state index contributed by atoms with van der Waals surface area (Å²) in [5, 5.41) is 9.13. The van der Waals surface area contributed by atoms with Crippen LogP contribution in [0.1, 0.15) is 61.0 Å². The Morgan fingerprint density at radius 2 is 1.72 bits per heavy atom. The summed E-state index contributed by atoms with van der Waals surface area (Å²) in [5.74, 6) is -0.807. The molecule has 0 aliphatic heterocycles. The van der Waals surface area contributed by atoms with Crippen molar-refractivity contribution in [1.29, 1.82) is 0 Å². The fourth-order valence-electron chi connectivity index (χ4n) is 1.97. The zero-order valence-electron chi connectivity index (χ0n) is 10.8. The molecule has 18 heavy (non-hydrogen) atoms. The Morgan fingerprint density at radius 3 is 2.28 bits per heavy atom. The van der Waals surface area contributed by atoms with Crippen LogP contribution in [-0.4, -0.2) is 48.8 Å². The predicted molar refractivity (Wildman–Crippen MR) is 79.2 cm³/mol. The Kier molecular flexibility index (Phi) is 9.80. The van der Waals surface area contributed by atoms with Crippen LogP contribution >= 0.6 is 0 Å². The van der Waals surface area contributed by atoms with E-state index < -0.39 is 5.97 Å². The number of aryl methyl sites for hydroxylation is 2. The molecule has 1 aromatic rings. The van der Waals surface area contributed by atoms with Crippen molar-refractivity contribution >= 4 is 43.7 Å². The normalized spacial score (nSPS) is 9.89. The molecule has 0 heterocycles. The van der Waals surface area contributed by atoms with E-state index >= 15 is 0 Å². The van der Waals surface area contributed by atoms with Crippen molar-refractivity contribution in [2.45, 2.75) is 52.4 Å². The van der Waals surface area contributed by atoms with Crippen LogP contribution in [0.3, 0.4) is 0 Å². The van der Waals surface area contributed by atoms with Gasteiger partial charge in [0.2, 0.25) is 0 Å². The summed E-state index contributed by atoms with van der Waals surface area (Å²) in [4.78, 5) is 11.1. The van der Waals surface area contributed by atoms with Gasteiger partial charge in [-0.15, -0.1) is 0 Å².